The summed E-state index contributed by atoms with van der Waals surface area (Å²) >= 11 is 0. The van der Waals surface area contributed by atoms with Crippen LogP contribution in [0.3, 0.4) is 0 Å². The first-order valence-electron chi connectivity index (χ1n) is 29.4. The van der Waals surface area contributed by atoms with Crippen molar-refractivity contribution in [3.8, 4) is 56.0 Å². The van der Waals surface area contributed by atoms with Crippen molar-refractivity contribution in [1.29, 1.82) is 0 Å². The van der Waals surface area contributed by atoms with Gasteiger partial charge in [0.15, 0.2) is 0 Å². The Morgan fingerprint density at radius 2 is 0.788 bits per heavy atom. The molecule has 0 aromatic heterocycles. The van der Waals surface area contributed by atoms with Gasteiger partial charge in [0.2, 0.25) is 0 Å². The summed E-state index contributed by atoms with van der Waals surface area (Å²) in [5.74, 6) is -2.88. The summed E-state index contributed by atoms with van der Waals surface area (Å²) in [4.78, 5) is 0. The van der Waals surface area contributed by atoms with Gasteiger partial charge in [0, 0.05) is 16.7 Å². The van der Waals surface area contributed by atoms with Crippen LogP contribution in [0.25, 0.3) is 109 Å². The van der Waals surface area contributed by atoms with Gasteiger partial charge in [-0.15, -0.1) is 0 Å². The number of benzene rings is 11. The van der Waals surface area contributed by atoms with E-state index in [4.69, 9.17) is 20.6 Å². The number of phenolic OH excluding ortho intramolecular Hbond substituents is 2. The second kappa shape index (κ2) is 10.8. The topological polar surface area (TPSA) is 40.5 Å². The lowest BCUT2D eigenvalue weighted by Gasteiger charge is -2.21. The van der Waals surface area contributed by atoms with Gasteiger partial charge in [0.25, 0.3) is 0 Å². The first-order chi connectivity index (χ1) is 37.3. The molecule has 0 saturated carbocycles. The Labute approximate surface area is 339 Å². The Bertz CT molecular complexity index is 4710. The number of hydrogen-bond acceptors (Lipinski definition) is 2. The van der Waals surface area contributed by atoms with E-state index in [9.17, 15) is 28.0 Å². The van der Waals surface area contributed by atoms with Gasteiger partial charge in [-0.2, -0.15) is 0 Å². The van der Waals surface area contributed by atoms with Gasteiger partial charge < -0.3 is 10.2 Å². The van der Waals surface area contributed by atoms with E-state index < -0.39 is 284 Å². The van der Waals surface area contributed by atoms with E-state index in [1.165, 1.54) is 0 Å². The Hall–Kier alpha value is -6.90. The Morgan fingerprint density at radius 3 is 1.40 bits per heavy atom. The summed E-state index contributed by atoms with van der Waals surface area (Å²) < 4.78 is 254. The van der Waals surface area contributed by atoms with Gasteiger partial charge >= 0.3 is 0 Å². The maximum atomic E-state index is 13.4. The highest BCUT2D eigenvalue weighted by Gasteiger charge is 2.23. The van der Waals surface area contributed by atoms with Crippen LogP contribution in [0.5, 0.6) is 11.5 Å². The lowest BCUT2D eigenvalue weighted by molar-refractivity contribution is 0.476. The van der Waals surface area contributed by atoms with Crippen LogP contribution in [0.1, 0.15) is 38.4 Å². The van der Waals surface area contributed by atoms with E-state index in [-0.39, 0.29) is 5.39 Å². The molecule has 2 nitrogen and oxygen atoms in total. The molecule has 0 amide bonds. The largest absolute Gasteiger partial charge is 0.507 e. The average molecular weight is 691 g/mol. The Morgan fingerprint density at radius 1 is 0.327 bits per heavy atom. The third-order valence-electron chi connectivity index (χ3n) is 8.95. The smallest absolute Gasteiger partial charge is 0.131 e. The third kappa shape index (κ3) is 4.06. The van der Waals surface area contributed by atoms with Crippen molar-refractivity contribution < 1.29 is 48.6 Å². The van der Waals surface area contributed by atoms with Crippen LogP contribution in [0.2, 0.25) is 0 Å². The zero-order valence-corrected chi connectivity index (χ0v) is 25.9. The van der Waals surface area contributed by atoms with Crippen LogP contribution >= 0.6 is 0 Å². The van der Waals surface area contributed by atoms with Crippen LogP contribution in [-0.2, 0) is 0 Å². The first kappa shape index (κ1) is 12.7. The molecular weight excluding hydrogens is 633 g/mol. The maximum Gasteiger partial charge on any atom is 0.131 e. The number of rotatable bonds is 4. The van der Waals surface area contributed by atoms with Crippen LogP contribution in [0.4, 0.5) is 0 Å². The fraction of sp³-hybridized carbons (Fsp3) is 0. The third-order valence-corrected chi connectivity index (χ3v) is 8.95. The van der Waals surface area contributed by atoms with Gasteiger partial charge in [-0.1, -0.05) is 157 Å². The highest BCUT2D eigenvalue weighted by Crippen LogP contribution is 2.51. The lowest BCUT2D eigenvalue weighted by Crippen LogP contribution is -1.94. The molecule has 52 heavy (non-hydrogen) atoms. The maximum absolute atomic E-state index is 13.4. The van der Waals surface area contributed by atoms with Crippen molar-refractivity contribution in [2.24, 2.45) is 0 Å². The molecule has 242 valence electrons. The Balaban J connectivity index is 1.44. The summed E-state index contributed by atoms with van der Waals surface area (Å²) in [6.07, 6.45) is 0. The highest BCUT2D eigenvalue weighted by atomic mass is 16.3. The normalized spacial score (nSPS) is 19.5. The van der Waals surface area contributed by atoms with E-state index in [2.05, 4.69) is 0 Å². The molecule has 11 aromatic rings. The molecule has 11 aromatic carbocycles. The zero-order chi connectivity index (χ0) is 58.9. The van der Waals surface area contributed by atoms with E-state index in [1.54, 1.807) is 0 Å². The number of hydrogen-bond donors (Lipinski definition) is 2. The molecule has 0 aliphatic heterocycles. The SMILES string of the molecule is [2H]c1c([2H])c([2H])c(-c2c([2H])c([2H])c(-c3c([2H])c([2H])c(-c4c([2H])c([2H])c5c([2H])c([2H])c6c([2H])c([2H])c([2H])c7c([2H])c([2H])c4c5c67)c(O)c3-c3c([2H])c([2H])c4c([2H])c([2H])c5c([2H])c([2H])c([2H])c6c([2H])c([2H])c3c4c56)c(O)c2[2H])c([2H])c1[2H]. The van der Waals surface area contributed by atoms with Crippen LogP contribution in [-0.4, -0.2) is 10.2 Å². The standard InChI is InChI=1S/C50H30O2/c51-44-28-36(29-6-2-1-3-7-29)20-22-38(44)40-26-27-43(37-21-16-34-14-12-30-8-4-10-32-17-23-39(37)47(34)45(30)32)50(52)49(40)42-25-19-35-15-13-31-9-5-11-33-18-24-41(42)48(35)46(31)33/h1-28,51-52H/i1D,2D,3D,4D,5D,6D,7D,8D,9D,10D,11D,12D,13D,14D,15D,16D,17D,18D,19D,20D,21D,22D,23D,24D,25D,26D,27D,28D. The predicted octanol–water partition coefficient (Wildman–Crippen LogP) is 13.6. The minimum absolute atomic E-state index is 0.375. The molecule has 2 heteroatoms. The molecule has 2 N–H and O–H groups in total. The summed E-state index contributed by atoms with van der Waals surface area (Å²) in [7, 11) is 0. The molecule has 0 radical (unpaired) electrons. The molecule has 0 aliphatic rings. The fourth-order valence-electron chi connectivity index (χ4n) is 6.68. The Kier molecular flexibility index (Phi) is 2.64. The second-order valence-corrected chi connectivity index (χ2v) is 11.7. The van der Waals surface area contributed by atoms with Crippen molar-refractivity contribution in [2.75, 3.05) is 0 Å². The van der Waals surface area contributed by atoms with Crippen molar-refractivity contribution >= 4 is 64.6 Å². The molecule has 0 fully saturated rings. The minimum Gasteiger partial charge on any atom is -0.507 e. The van der Waals surface area contributed by atoms with Crippen LogP contribution in [0, 0.1) is 0 Å². The lowest BCUT2D eigenvalue weighted by atomic mass is 9.83. The molecule has 0 spiro atoms. The summed E-state index contributed by atoms with van der Waals surface area (Å²) in [5.41, 5.74) is -7.97. The molecule has 0 saturated heterocycles. The first-order valence-corrected chi connectivity index (χ1v) is 15.4. The van der Waals surface area contributed by atoms with Gasteiger partial charge in [0.05, 0.1) is 38.4 Å². The van der Waals surface area contributed by atoms with Gasteiger partial charge in [-0.3, -0.25) is 0 Å². The average Bonchev–Trinajstić information content (AvgIpc) is 2.48. The molecule has 0 bridgehead atoms. The van der Waals surface area contributed by atoms with Gasteiger partial charge in [0.1, 0.15) is 11.5 Å². The number of aromatic hydroxyl groups is 2. The van der Waals surface area contributed by atoms with Gasteiger partial charge in [-0.05, 0) is 105 Å². The van der Waals surface area contributed by atoms with E-state index in [0.29, 0.717) is 0 Å². The van der Waals surface area contributed by atoms with Gasteiger partial charge in [-0.25, -0.2) is 0 Å². The molecule has 0 heterocycles. The second-order valence-electron chi connectivity index (χ2n) is 11.7. The molecule has 0 unspecified atom stereocenters. The van der Waals surface area contributed by atoms with E-state index in [0.717, 1.165) is 0 Å². The molecule has 11 rings (SSSR count). The fourth-order valence-corrected chi connectivity index (χ4v) is 6.68. The summed E-state index contributed by atoms with van der Waals surface area (Å²) in [6.45, 7) is 0. The van der Waals surface area contributed by atoms with Crippen LogP contribution in [0.15, 0.2) is 169 Å². The summed E-state index contributed by atoms with van der Waals surface area (Å²) in [5, 5.41) is 19.4. The van der Waals surface area contributed by atoms with Crippen molar-refractivity contribution in [3.63, 3.8) is 0 Å². The van der Waals surface area contributed by atoms with Crippen molar-refractivity contribution in [1.82, 2.24) is 0 Å². The number of phenols is 2. The van der Waals surface area contributed by atoms with E-state index in [1.807, 2.05) is 0 Å². The highest BCUT2D eigenvalue weighted by molar-refractivity contribution is 6.27. The zero-order valence-electron chi connectivity index (χ0n) is 53.9. The van der Waals surface area contributed by atoms with Crippen molar-refractivity contribution in [3.05, 3.63) is 169 Å². The molecular formula is C50H30O2. The minimum atomic E-state index is -1.44. The predicted molar refractivity (Wildman–Crippen MR) is 219 cm³/mol. The molecule has 0 atom stereocenters. The molecule has 0 aliphatic carbocycles. The van der Waals surface area contributed by atoms with E-state index >= 15 is 0 Å². The van der Waals surface area contributed by atoms with Crippen LogP contribution < -0.4 is 0 Å². The monoisotopic (exact) mass is 690 g/mol. The summed E-state index contributed by atoms with van der Waals surface area (Å²) in [6, 6.07) is -26.8. The quantitative estimate of drug-likeness (QED) is 0.180. The van der Waals surface area contributed by atoms with Crippen molar-refractivity contribution in [2.45, 2.75) is 0 Å².